The molecule has 1 aliphatic heterocycles. The van der Waals surface area contributed by atoms with Gasteiger partial charge in [0.25, 0.3) is 0 Å². The number of carbonyl (C=O) groups excluding carboxylic acids is 1. The number of carbonyl (C=O) groups is 1. The Morgan fingerprint density at radius 1 is 1.31 bits per heavy atom. The van der Waals surface area contributed by atoms with Crippen molar-refractivity contribution >= 4 is 5.91 Å². The van der Waals surface area contributed by atoms with Gasteiger partial charge in [-0.2, -0.15) is 0 Å². The predicted molar refractivity (Wildman–Crippen MR) is 67.3 cm³/mol. The fraction of sp³-hybridized carbons (Fsp3) is 0.923. The quantitative estimate of drug-likeness (QED) is 0.794. The van der Waals surface area contributed by atoms with E-state index < -0.39 is 0 Å². The highest BCUT2D eigenvalue weighted by Crippen LogP contribution is 2.22. The average Bonchev–Trinajstić information content (AvgIpc) is 2.59. The van der Waals surface area contributed by atoms with E-state index in [0.717, 1.165) is 6.54 Å². The summed E-state index contributed by atoms with van der Waals surface area (Å²) in [5.41, 5.74) is 0. The smallest absolute Gasteiger partial charge is 0.222 e. The van der Waals surface area contributed by atoms with Gasteiger partial charge in [0.15, 0.2) is 0 Å². The van der Waals surface area contributed by atoms with Crippen LogP contribution in [0.25, 0.3) is 0 Å². The lowest BCUT2D eigenvalue weighted by Crippen LogP contribution is -2.51. The van der Waals surface area contributed by atoms with Crippen molar-refractivity contribution in [2.75, 3.05) is 13.6 Å². The lowest BCUT2D eigenvalue weighted by molar-refractivity contribution is -0.125. The van der Waals surface area contributed by atoms with Crippen LogP contribution >= 0.6 is 0 Å². The SMILES string of the molecule is CC(C)C(=O)N[C@H](C(C)C)[C@H]1CCCN1C. The summed E-state index contributed by atoms with van der Waals surface area (Å²) in [6.07, 6.45) is 2.46. The first-order valence-electron chi connectivity index (χ1n) is 6.44. The summed E-state index contributed by atoms with van der Waals surface area (Å²) in [7, 11) is 2.16. The standard InChI is InChI=1S/C13H26N2O/c1-9(2)12(14-13(16)10(3)4)11-7-6-8-15(11)5/h9-12H,6-8H2,1-5H3,(H,14,16)/t11-,12-/m1/s1. The highest BCUT2D eigenvalue weighted by molar-refractivity contribution is 5.78. The van der Waals surface area contributed by atoms with Gasteiger partial charge in [0.1, 0.15) is 0 Å². The highest BCUT2D eigenvalue weighted by Gasteiger charge is 2.32. The molecule has 0 saturated carbocycles. The maximum absolute atomic E-state index is 11.8. The number of likely N-dealkylation sites (N-methyl/N-ethyl adjacent to an activating group) is 1. The Balaban J connectivity index is 2.64. The molecule has 0 aliphatic carbocycles. The molecule has 3 nitrogen and oxygen atoms in total. The summed E-state index contributed by atoms with van der Waals surface area (Å²) >= 11 is 0. The third kappa shape index (κ3) is 3.21. The predicted octanol–water partition coefficient (Wildman–Crippen LogP) is 1.88. The van der Waals surface area contributed by atoms with Crippen LogP contribution in [-0.4, -0.2) is 36.5 Å². The van der Waals surface area contributed by atoms with Gasteiger partial charge in [0, 0.05) is 18.0 Å². The molecular weight excluding hydrogens is 200 g/mol. The van der Waals surface area contributed by atoms with E-state index in [4.69, 9.17) is 0 Å². The minimum Gasteiger partial charge on any atom is -0.351 e. The van der Waals surface area contributed by atoms with E-state index in [1.807, 2.05) is 13.8 Å². The first kappa shape index (κ1) is 13.5. The first-order chi connectivity index (χ1) is 7.43. The van der Waals surface area contributed by atoms with Gasteiger partial charge in [0.05, 0.1) is 0 Å². The zero-order chi connectivity index (χ0) is 12.3. The normalized spacial score (nSPS) is 24.1. The third-order valence-corrected chi connectivity index (χ3v) is 3.54. The van der Waals surface area contributed by atoms with Crippen LogP contribution in [0.4, 0.5) is 0 Å². The van der Waals surface area contributed by atoms with Crippen LogP contribution in [-0.2, 0) is 4.79 Å². The number of amides is 1. The Bertz CT molecular complexity index is 238. The molecule has 0 aromatic rings. The average molecular weight is 226 g/mol. The van der Waals surface area contributed by atoms with Crippen molar-refractivity contribution in [1.82, 2.24) is 10.2 Å². The number of likely N-dealkylation sites (tertiary alicyclic amines) is 1. The molecule has 3 heteroatoms. The summed E-state index contributed by atoms with van der Waals surface area (Å²) in [6, 6.07) is 0.810. The van der Waals surface area contributed by atoms with Gasteiger partial charge in [-0.15, -0.1) is 0 Å². The van der Waals surface area contributed by atoms with Crippen LogP contribution in [0.5, 0.6) is 0 Å². The molecule has 1 fully saturated rings. The van der Waals surface area contributed by atoms with Gasteiger partial charge < -0.3 is 10.2 Å². The van der Waals surface area contributed by atoms with Crippen LogP contribution in [0.2, 0.25) is 0 Å². The van der Waals surface area contributed by atoms with Gasteiger partial charge in [-0.25, -0.2) is 0 Å². The van der Waals surface area contributed by atoms with Crippen molar-refractivity contribution in [3.63, 3.8) is 0 Å². The maximum atomic E-state index is 11.8. The Morgan fingerprint density at radius 3 is 2.31 bits per heavy atom. The van der Waals surface area contributed by atoms with E-state index >= 15 is 0 Å². The number of nitrogens with zero attached hydrogens (tertiary/aromatic N) is 1. The van der Waals surface area contributed by atoms with E-state index in [2.05, 4.69) is 31.1 Å². The van der Waals surface area contributed by atoms with Crippen molar-refractivity contribution in [1.29, 1.82) is 0 Å². The number of nitrogens with one attached hydrogen (secondary N) is 1. The molecule has 0 spiro atoms. The molecule has 0 aromatic heterocycles. The summed E-state index contributed by atoms with van der Waals surface area (Å²) in [6.45, 7) is 9.44. The first-order valence-corrected chi connectivity index (χ1v) is 6.44. The molecular formula is C13H26N2O. The van der Waals surface area contributed by atoms with Crippen LogP contribution in [0.1, 0.15) is 40.5 Å². The highest BCUT2D eigenvalue weighted by atomic mass is 16.1. The molecule has 1 heterocycles. The lowest BCUT2D eigenvalue weighted by Gasteiger charge is -2.33. The molecule has 2 atom stereocenters. The molecule has 1 rings (SSSR count). The van der Waals surface area contributed by atoms with Crippen LogP contribution in [0.15, 0.2) is 0 Å². The van der Waals surface area contributed by atoms with Gasteiger partial charge in [-0.1, -0.05) is 27.7 Å². The maximum Gasteiger partial charge on any atom is 0.222 e. The number of hydrogen-bond donors (Lipinski definition) is 1. The summed E-state index contributed by atoms with van der Waals surface area (Å²) in [5, 5.41) is 3.21. The fourth-order valence-electron chi connectivity index (χ4n) is 2.43. The monoisotopic (exact) mass is 226 g/mol. The Labute approximate surface area is 99.6 Å². The molecule has 1 N–H and O–H groups in total. The second kappa shape index (κ2) is 5.67. The van der Waals surface area contributed by atoms with Crippen molar-refractivity contribution in [3.8, 4) is 0 Å². The molecule has 16 heavy (non-hydrogen) atoms. The van der Waals surface area contributed by atoms with Gasteiger partial charge >= 0.3 is 0 Å². The van der Waals surface area contributed by atoms with Crippen LogP contribution in [0.3, 0.4) is 0 Å². The van der Waals surface area contributed by atoms with Crippen molar-refractivity contribution in [3.05, 3.63) is 0 Å². The van der Waals surface area contributed by atoms with E-state index in [-0.39, 0.29) is 11.8 Å². The topological polar surface area (TPSA) is 32.3 Å². The molecule has 94 valence electrons. The van der Waals surface area contributed by atoms with Crippen LogP contribution < -0.4 is 5.32 Å². The molecule has 1 amide bonds. The zero-order valence-electron chi connectivity index (χ0n) is 11.3. The van der Waals surface area contributed by atoms with Gasteiger partial charge in [0.2, 0.25) is 5.91 Å². The molecule has 1 aliphatic rings. The molecule has 0 aromatic carbocycles. The fourth-order valence-corrected chi connectivity index (χ4v) is 2.43. The summed E-state index contributed by atoms with van der Waals surface area (Å²) in [5.74, 6) is 0.750. The van der Waals surface area contributed by atoms with Crippen molar-refractivity contribution in [2.45, 2.75) is 52.6 Å². The Morgan fingerprint density at radius 2 is 1.94 bits per heavy atom. The molecule has 0 unspecified atom stereocenters. The van der Waals surface area contributed by atoms with Gasteiger partial charge in [-0.3, -0.25) is 4.79 Å². The minimum atomic E-state index is 0.0768. The van der Waals surface area contributed by atoms with E-state index in [9.17, 15) is 4.79 Å². The van der Waals surface area contributed by atoms with E-state index in [0.29, 0.717) is 18.0 Å². The second-order valence-corrected chi connectivity index (χ2v) is 5.62. The summed E-state index contributed by atoms with van der Waals surface area (Å²) < 4.78 is 0. The van der Waals surface area contributed by atoms with E-state index in [1.165, 1.54) is 12.8 Å². The van der Waals surface area contributed by atoms with Crippen LogP contribution in [0, 0.1) is 11.8 Å². The summed E-state index contributed by atoms with van der Waals surface area (Å²) in [4.78, 5) is 14.2. The van der Waals surface area contributed by atoms with Crippen molar-refractivity contribution < 1.29 is 4.79 Å². The van der Waals surface area contributed by atoms with E-state index in [1.54, 1.807) is 0 Å². The Kier molecular flexibility index (Phi) is 4.78. The molecule has 0 radical (unpaired) electrons. The minimum absolute atomic E-state index is 0.0768. The second-order valence-electron chi connectivity index (χ2n) is 5.62. The largest absolute Gasteiger partial charge is 0.351 e. The Hall–Kier alpha value is -0.570. The van der Waals surface area contributed by atoms with Crippen molar-refractivity contribution in [2.24, 2.45) is 11.8 Å². The number of rotatable bonds is 4. The van der Waals surface area contributed by atoms with Gasteiger partial charge in [-0.05, 0) is 32.4 Å². The molecule has 1 saturated heterocycles. The lowest BCUT2D eigenvalue weighted by atomic mass is 9.94. The third-order valence-electron chi connectivity index (χ3n) is 3.54. The zero-order valence-corrected chi connectivity index (χ0v) is 11.3. The number of hydrogen-bond acceptors (Lipinski definition) is 2. The molecule has 0 bridgehead atoms.